The largest absolute Gasteiger partial charge is 0.465 e. The molecule has 10 nitrogen and oxygen atoms in total. The van der Waals surface area contributed by atoms with Crippen molar-refractivity contribution in [3.8, 4) is 11.4 Å². The van der Waals surface area contributed by atoms with Gasteiger partial charge in [-0.05, 0) is 38.3 Å². The number of hydrogen-bond donors (Lipinski definition) is 1. The predicted octanol–water partition coefficient (Wildman–Crippen LogP) is 4.08. The highest BCUT2D eigenvalue weighted by atomic mass is 32.2. The fourth-order valence-electron chi connectivity index (χ4n) is 3.98. The molecule has 13 heteroatoms. The molecule has 4 rings (SSSR count). The minimum Gasteiger partial charge on any atom is -0.465 e. The Morgan fingerprint density at radius 1 is 1.30 bits per heavy atom. The van der Waals surface area contributed by atoms with Crippen LogP contribution in [0.2, 0.25) is 0 Å². The first-order chi connectivity index (χ1) is 17.7. The van der Waals surface area contributed by atoms with Gasteiger partial charge in [-0.15, -0.1) is 32.9 Å². The van der Waals surface area contributed by atoms with Crippen LogP contribution in [0.3, 0.4) is 0 Å². The van der Waals surface area contributed by atoms with E-state index in [-0.39, 0.29) is 34.2 Å². The molecule has 1 aliphatic rings. The Morgan fingerprint density at radius 2 is 2.08 bits per heavy atom. The molecule has 1 atom stereocenters. The third kappa shape index (κ3) is 6.06. The smallest absolute Gasteiger partial charge is 0.341 e. The summed E-state index contributed by atoms with van der Waals surface area (Å²) in [5, 5.41) is 14.5. The number of rotatable bonds is 9. The zero-order chi connectivity index (χ0) is 26.7. The van der Waals surface area contributed by atoms with E-state index in [4.69, 9.17) is 9.47 Å². The quantitative estimate of drug-likeness (QED) is 0.306. The second-order valence-electron chi connectivity index (χ2n) is 8.79. The maximum absolute atomic E-state index is 13.0. The minimum atomic E-state index is -0.610. The van der Waals surface area contributed by atoms with Crippen LogP contribution < -0.4 is 5.32 Å². The van der Waals surface area contributed by atoms with E-state index < -0.39 is 5.97 Å². The van der Waals surface area contributed by atoms with Gasteiger partial charge in [0.25, 0.3) is 5.91 Å². The number of thioether (sulfide) groups is 1. The minimum absolute atomic E-state index is 0.0425. The monoisotopic (exact) mass is 563 g/mol. The average Bonchev–Trinajstić information content (AvgIpc) is 3.66. The number of nitrogens with one attached hydrogen (secondary N) is 1. The van der Waals surface area contributed by atoms with Crippen LogP contribution in [0.4, 0.5) is 5.00 Å². The standard InChI is InChI=1S/C24H29N5O5S3/c1-13-9-15(11-35-13)20-26-27-24(29(20)10-16-7-6-8-34-16)36-12-17(30)25-21-18(23(32)33-5)14(2)19(37-21)22(31)28(3)4/h9,11,16H,6-8,10,12H2,1-5H3,(H,25,30). The molecule has 0 bridgehead atoms. The van der Waals surface area contributed by atoms with Gasteiger partial charge in [0.15, 0.2) is 11.0 Å². The number of hydrogen-bond acceptors (Lipinski definition) is 10. The van der Waals surface area contributed by atoms with E-state index in [1.165, 1.54) is 28.6 Å². The number of aromatic nitrogens is 3. The lowest BCUT2D eigenvalue weighted by atomic mass is 10.1. The van der Waals surface area contributed by atoms with Crippen molar-refractivity contribution in [1.29, 1.82) is 0 Å². The number of nitrogens with zero attached hydrogens (tertiary/aromatic N) is 4. The number of methoxy groups -OCH3 is 1. The van der Waals surface area contributed by atoms with E-state index in [0.717, 1.165) is 42.2 Å². The molecule has 0 aromatic carbocycles. The third-order valence-electron chi connectivity index (χ3n) is 5.84. The fraction of sp³-hybridized carbons (Fsp3) is 0.458. The number of anilines is 1. The molecule has 0 spiro atoms. The predicted molar refractivity (Wildman–Crippen MR) is 145 cm³/mol. The SMILES string of the molecule is COC(=O)c1c(NC(=O)CSc2nnc(-c3csc(C)c3)n2CC2CCCO2)sc(C(=O)N(C)C)c1C. The highest BCUT2D eigenvalue weighted by molar-refractivity contribution is 7.99. The maximum Gasteiger partial charge on any atom is 0.341 e. The lowest BCUT2D eigenvalue weighted by Crippen LogP contribution is -2.21. The molecule has 37 heavy (non-hydrogen) atoms. The van der Waals surface area contributed by atoms with E-state index in [1.807, 2.05) is 16.9 Å². The summed E-state index contributed by atoms with van der Waals surface area (Å²) in [7, 11) is 4.53. The topological polar surface area (TPSA) is 116 Å². The average molecular weight is 564 g/mol. The number of ether oxygens (including phenoxy) is 2. The van der Waals surface area contributed by atoms with Crippen molar-refractivity contribution in [3.05, 3.63) is 32.3 Å². The van der Waals surface area contributed by atoms with Crippen LogP contribution in [0, 0.1) is 13.8 Å². The summed E-state index contributed by atoms with van der Waals surface area (Å²) in [6.45, 7) is 5.06. The second kappa shape index (κ2) is 11.8. The number of carbonyl (C=O) groups excluding carboxylic acids is 3. The second-order valence-corrected chi connectivity index (χ2v) is 11.9. The van der Waals surface area contributed by atoms with Gasteiger partial charge in [-0.1, -0.05) is 11.8 Å². The summed E-state index contributed by atoms with van der Waals surface area (Å²) in [4.78, 5) is 41.0. The van der Waals surface area contributed by atoms with Crippen LogP contribution in [0.15, 0.2) is 16.6 Å². The zero-order valence-corrected chi connectivity index (χ0v) is 23.8. The number of thiophene rings is 2. The van der Waals surface area contributed by atoms with Gasteiger partial charge in [-0.2, -0.15) is 0 Å². The zero-order valence-electron chi connectivity index (χ0n) is 21.3. The molecule has 0 aliphatic carbocycles. The van der Waals surface area contributed by atoms with Crippen molar-refractivity contribution in [3.63, 3.8) is 0 Å². The van der Waals surface area contributed by atoms with E-state index in [0.29, 0.717) is 22.1 Å². The van der Waals surface area contributed by atoms with Crippen LogP contribution in [0.1, 0.15) is 43.3 Å². The van der Waals surface area contributed by atoms with Crippen LogP contribution in [0.5, 0.6) is 0 Å². The number of amides is 2. The molecular formula is C24H29N5O5S3. The summed E-state index contributed by atoms with van der Waals surface area (Å²) < 4.78 is 12.8. The molecule has 4 heterocycles. The molecule has 1 fully saturated rings. The van der Waals surface area contributed by atoms with Gasteiger partial charge in [-0.25, -0.2) is 4.79 Å². The molecule has 0 radical (unpaired) electrons. The molecule has 0 saturated carbocycles. The van der Waals surface area contributed by atoms with Gasteiger partial charge in [0.1, 0.15) is 5.00 Å². The van der Waals surface area contributed by atoms with Crippen molar-refractivity contribution in [2.45, 2.75) is 44.5 Å². The lowest BCUT2D eigenvalue weighted by Gasteiger charge is -2.14. The molecule has 2 amide bonds. The highest BCUT2D eigenvalue weighted by Gasteiger charge is 2.28. The summed E-state index contributed by atoms with van der Waals surface area (Å²) in [5.74, 6) is -0.403. The normalized spacial score (nSPS) is 15.1. The molecule has 1 saturated heterocycles. The summed E-state index contributed by atoms with van der Waals surface area (Å²) >= 11 is 3.97. The summed E-state index contributed by atoms with van der Waals surface area (Å²) in [6.07, 6.45) is 2.06. The van der Waals surface area contributed by atoms with Crippen molar-refractivity contribution in [2.24, 2.45) is 0 Å². The Bertz CT molecular complexity index is 1310. The van der Waals surface area contributed by atoms with Crippen molar-refractivity contribution in [1.82, 2.24) is 19.7 Å². The van der Waals surface area contributed by atoms with Gasteiger partial charge < -0.3 is 19.7 Å². The van der Waals surface area contributed by atoms with Gasteiger partial charge in [0.2, 0.25) is 5.91 Å². The molecular weight excluding hydrogens is 534 g/mol. The van der Waals surface area contributed by atoms with E-state index in [1.54, 1.807) is 32.4 Å². The van der Waals surface area contributed by atoms with Crippen LogP contribution >= 0.6 is 34.4 Å². The van der Waals surface area contributed by atoms with Gasteiger partial charge >= 0.3 is 5.97 Å². The van der Waals surface area contributed by atoms with Crippen molar-refractivity contribution in [2.75, 3.05) is 38.9 Å². The van der Waals surface area contributed by atoms with E-state index >= 15 is 0 Å². The number of aryl methyl sites for hydroxylation is 1. The first-order valence-corrected chi connectivity index (χ1v) is 14.3. The van der Waals surface area contributed by atoms with Crippen molar-refractivity contribution >= 4 is 57.2 Å². The first-order valence-electron chi connectivity index (χ1n) is 11.7. The van der Waals surface area contributed by atoms with Crippen molar-refractivity contribution < 1.29 is 23.9 Å². The van der Waals surface area contributed by atoms with Gasteiger partial charge in [-0.3, -0.25) is 14.2 Å². The molecule has 1 aliphatic heterocycles. The third-order valence-corrected chi connectivity index (χ3v) is 8.86. The summed E-state index contributed by atoms with van der Waals surface area (Å²) in [5.41, 5.74) is 1.65. The number of carbonyl (C=O) groups is 3. The van der Waals surface area contributed by atoms with Crippen LogP contribution in [-0.2, 0) is 20.8 Å². The van der Waals surface area contributed by atoms with E-state index in [9.17, 15) is 14.4 Å². The van der Waals surface area contributed by atoms with Crippen LogP contribution in [0.25, 0.3) is 11.4 Å². The Hall–Kier alpha value is -2.74. The Kier molecular flexibility index (Phi) is 8.67. The molecule has 3 aromatic heterocycles. The Morgan fingerprint density at radius 3 is 2.70 bits per heavy atom. The summed E-state index contributed by atoms with van der Waals surface area (Å²) in [6, 6.07) is 2.07. The molecule has 1 N–H and O–H groups in total. The first kappa shape index (κ1) is 27.3. The highest BCUT2D eigenvalue weighted by Crippen LogP contribution is 2.35. The molecule has 198 valence electrons. The molecule has 1 unspecified atom stereocenters. The van der Waals surface area contributed by atoms with Gasteiger partial charge in [0.05, 0.1) is 36.0 Å². The Labute approximate surface area is 227 Å². The Balaban J connectivity index is 1.53. The fourth-order valence-corrected chi connectivity index (χ4v) is 6.64. The van der Waals surface area contributed by atoms with Crippen LogP contribution in [-0.4, -0.2) is 77.1 Å². The lowest BCUT2D eigenvalue weighted by molar-refractivity contribution is -0.113. The van der Waals surface area contributed by atoms with Gasteiger partial charge in [0, 0.05) is 36.5 Å². The number of esters is 1. The maximum atomic E-state index is 13.0. The molecule has 3 aromatic rings. The van der Waals surface area contributed by atoms with E-state index in [2.05, 4.69) is 21.6 Å².